The summed E-state index contributed by atoms with van der Waals surface area (Å²) in [5.74, 6) is 0. The Morgan fingerprint density at radius 2 is 2.38 bits per heavy atom. The van der Waals surface area contributed by atoms with Crippen LogP contribution in [0.3, 0.4) is 0 Å². The first-order chi connectivity index (χ1) is 10.1. The van der Waals surface area contributed by atoms with Gasteiger partial charge in [0, 0.05) is 42.9 Å². The Balaban J connectivity index is 1.89. The van der Waals surface area contributed by atoms with E-state index in [0.29, 0.717) is 13.1 Å². The minimum atomic E-state index is -0.107. The van der Waals surface area contributed by atoms with Crippen LogP contribution in [-0.4, -0.2) is 54.9 Å². The van der Waals surface area contributed by atoms with Crippen molar-refractivity contribution in [3.05, 3.63) is 29.3 Å². The predicted octanol–water partition coefficient (Wildman–Crippen LogP) is 1.94. The van der Waals surface area contributed by atoms with Crippen LogP contribution in [0.5, 0.6) is 0 Å². The third-order valence-corrected chi connectivity index (χ3v) is 3.96. The summed E-state index contributed by atoms with van der Waals surface area (Å²) in [6, 6.07) is 7.78. The minimum Gasteiger partial charge on any atom is -0.395 e. The zero-order valence-corrected chi connectivity index (χ0v) is 13.0. The SMILES string of the molecule is CCN(CCO)C(=O)NC1CCN(c2cccc(Cl)c2)C1. The molecule has 2 amide bonds. The van der Waals surface area contributed by atoms with Crippen LogP contribution < -0.4 is 10.2 Å². The molecule has 0 saturated carbocycles. The number of nitrogens with zero attached hydrogens (tertiary/aromatic N) is 2. The van der Waals surface area contributed by atoms with Crippen LogP contribution in [-0.2, 0) is 0 Å². The molecule has 0 bridgehead atoms. The second kappa shape index (κ2) is 7.52. The van der Waals surface area contributed by atoms with Crippen LogP contribution in [0.2, 0.25) is 5.02 Å². The van der Waals surface area contributed by atoms with E-state index in [1.807, 2.05) is 31.2 Å². The second-order valence-corrected chi connectivity index (χ2v) is 5.60. The van der Waals surface area contributed by atoms with E-state index in [-0.39, 0.29) is 18.7 Å². The maximum Gasteiger partial charge on any atom is 0.317 e. The molecule has 1 atom stereocenters. The fraction of sp³-hybridized carbons (Fsp3) is 0.533. The molecule has 1 unspecified atom stereocenters. The maximum atomic E-state index is 12.1. The highest BCUT2D eigenvalue weighted by molar-refractivity contribution is 6.30. The van der Waals surface area contributed by atoms with Gasteiger partial charge in [-0.2, -0.15) is 0 Å². The number of rotatable bonds is 5. The van der Waals surface area contributed by atoms with Crippen LogP contribution >= 0.6 is 11.6 Å². The van der Waals surface area contributed by atoms with Gasteiger partial charge < -0.3 is 20.2 Å². The molecule has 0 radical (unpaired) electrons. The number of aliphatic hydroxyl groups excluding tert-OH is 1. The number of amides is 2. The summed E-state index contributed by atoms with van der Waals surface area (Å²) in [5.41, 5.74) is 1.09. The van der Waals surface area contributed by atoms with E-state index in [1.165, 1.54) is 0 Å². The van der Waals surface area contributed by atoms with Crippen molar-refractivity contribution in [3.8, 4) is 0 Å². The summed E-state index contributed by atoms with van der Waals surface area (Å²) in [6.45, 7) is 4.53. The van der Waals surface area contributed by atoms with E-state index in [1.54, 1.807) is 4.90 Å². The average Bonchev–Trinajstić information content (AvgIpc) is 2.93. The molecule has 6 heteroatoms. The van der Waals surface area contributed by atoms with Crippen LogP contribution in [0.1, 0.15) is 13.3 Å². The molecule has 2 rings (SSSR count). The topological polar surface area (TPSA) is 55.8 Å². The van der Waals surface area contributed by atoms with E-state index in [9.17, 15) is 4.79 Å². The van der Waals surface area contributed by atoms with Gasteiger partial charge in [-0.1, -0.05) is 17.7 Å². The van der Waals surface area contributed by atoms with E-state index in [4.69, 9.17) is 16.7 Å². The molecule has 0 aliphatic carbocycles. The van der Waals surface area contributed by atoms with Gasteiger partial charge in [-0.15, -0.1) is 0 Å². The summed E-state index contributed by atoms with van der Waals surface area (Å²) in [6.07, 6.45) is 0.912. The van der Waals surface area contributed by atoms with Crippen molar-refractivity contribution in [2.24, 2.45) is 0 Å². The molecular formula is C15H22ClN3O2. The van der Waals surface area contributed by atoms with Crippen molar-refractivity contribution >= 4 is 23.3 Å². The van der Waals surface area contributed by atoms with Crippen molar-refractivity contribution in [2.75, 3.05) is 37.7 Å². The molecule has 0 aromatic heterocycles. The van der Waals surface area contributed by atoms with Gasteiger partial charge in [0.1, 0.15) is 0 Å². The molecule has 1 aromatic carbocycles. The van der Waals surface area contributed by atoms with Crippen LogP contribution in [0, 0.1) is 0 Å². The fourth-order valence-corrected chi connectivity index (χ4v) is 2.76. The Morgan fingerprint density at radius 3 is 3.05 bits per heavy atom. The van der Waals surface area contributed by atoms with Gasteiger partial charge in [0.25, 0.3) is 0 Å². The molecule has 2 N–H and O–H groups in total. The number of hydrogen-bond donors (Lipinski definition) is 2. The van der Waals surface area contributed by atoms with E-state index in [2.05, 4.69) is 10.2 Å². The van der Waals surface area contributed by atoms with Gasteiger partial charge in [-0.3, -0.25) is 0 Å². The summed E-state index contributed by atoms with van der Waals surface area (Å²) >= 11 is 6.01. The Labute approximate surface area is 130 Å². The molecule has 1 fully saturated rings. The zero-order valence-electron chi connectivity index (χ0n) is 12.3. The van der Waals surface area contributed by atoms with E-state index < -0.39 is 0 Å². The molecule has 21 heavy (non-hydrogen) atoms. The number of carbonyl (C=O) groups is 1. The molecular weight excluding hydrogens is 290 g/mol. The Hall–Kier alpha value is -1.46. The van der Waals surface area contributed by atoms with Crippen LogP contribution in [0.15, 0.2) is 24.3 Å². The molecule has 1 aliphatic heterocycles. The first-order valence-corrected chi connectivity index (χ1v) is 7.68. The van der Waals surface area contributed by atoms with Gasteiger partial charge in [0.05, 0.1) is 6.61 Å². The number of aliphatic hydroxyl groups is 1. The Bertz CT molecular complexity index is 484. The molecule has 116 valence electrons. The molecule has 1 aliphatic rings. The lowest BCUT2D eigenvalue weighted by Crippen LogP contribution is -2.46. The molecule has 5 nitrogen and oxygen atoms in total. The lowest BCUT2D eigenvalue weighted by atomic mass is 10.2. The normalized spacial score (nSPS) is 17.9. The van der Waals surface area contributed by atoms with Crippen molar-refractivity contribution in [3.63, 3.8) is 0 Å². The zero-order chi connectivity index (χ0) is 15.2. The van der Waals surface area contributed by atoms with Crippen LogP contribution in [0.25, 0.3) is 0 Å². The largest absolute Gasteiger partial charge is 0.395 e. The summed E-state index contributed by atoms with van der Waals surface area (Å²) < 4.78 is 0. The summed E-state index contributed by atoms with van der Waals surface area (Å²) in [5, 5.41) is 12.7. The third kappa shape index (κ3) is 4.25. The lowest BCUT2D eigenvalue weighted by molar-refractivity contribution is 0.178. The van der Waals surface area contributed by atoms with Gasteiger partial charge in [-0.05, 0) is 31.5 Å². The molecule has 1 aromatic rings. The molecule has 0 spiro atoms. The lowest BCUT2D eigenvalue weighted by Gasteiger charge is -2.23. The standard InChI is InChI=1S/C15H22ClN3O2/c1-2-18(8-9-20)15(21)17-13-6-7-19(11-13)14-5-3-4-12(16)10-14/h3-5,10,13,20H,2,6-9,11H2,1H3,(H,17,21). The van der Waals surface area contributed by atoms with Crippen LogP contribution in [0.4, 0.5) is 10.5 Å². The maximum absolute atomic E-state index is 12.1. The highest BCUT2D eigenvalue weighted by Gasteiger charge is 2.25. The molecule has 1 saturated heterocycles. The summed E-state index contributed by atoms with van der Waals surface area (Å²) in [4.78, 5) is 15.9. The third-order valence-electron chi connectivity index (χ3n) is 3.73. The van der Waals surface area contributed by atoms with E-state index in [0.717, 1.165) is 30.2 Å². The van der Waals surface area contributed by atoms with Gasteiger partial charge in [0.2, 0.25) is 0 Å². The molecule has 1 heterocycles. The van der Waals surface area contributed by atoms with Gasteiger partial charge in [0.15, 0.2) is 0 Å². The van der Waals surface area contributed by atoms with Gasteiger partial charge >= 0.3 is 6.03 Å². The van der Waals surface area contributed by atoms with Gasteiger partial charge in [-0.25, -0.2) is 4.79 Å². The quantitative estimate of drug-likeness (QED) is 0.874. The number of hydrogen-bond acceptors (Lipinski definition) is 3. The first kappa shape index (κ1) is 15.9. The monoisotopic (exact) mass is 311 g/mol. The van der Waals surface area contributed by atoms with E-state index >= 15 is 0 Å². The van der Waals surface area contributed by atoms with Crippen molar-refractivity contribution < 1.29 is 9.90 Å². The Morgan fingerprint density at radius 1 is 1.57 bits per heavy atom. The number of halogens is 1. The van der Waals surface area contributed by atoms with Crippen molar-refractivity contribution in [1.82, 2.24) is 10.2 Å². The Kier molecular flexibility index (Phi) is 5.70. The minimum absolute atomic E-state index is 0.0133. The van der Waals surface area contributed by atoms with Crippen molar-refractivity contribution in [1.29, 1.82) is 0 Å². The number of anilines is 1. The number of likely N-dealkylation sites (N-methyl/N-ethyl adjacent to an activating group) is 1. The number of nitrogens with one attached hydrogen (secondary N) is 1. The number of carbonyl (C=O) groups excluding carboxylic acids is 1. The van der Waals surface area contributed by atoms with Crippen molar-refractivity contribution in [2.45, 2.75) is 19.4 Å². The highest BCUT2D eigenvalue weighted by atomic mass is 35.5. The second-order valence-electron chi connectivity index (χ2n) is 5.16. The highest BCUT2D eigenvalue weighted by Crippen LogP contribution is 2.23. The average molecular weight is 312 g/mol. The predicted molar refractivity (Wildman–Crippen MR) is 84.9 cm³/mol. The summed E-state index contributed by atoms with van der Waals surface area (Å²) in [7, 11) is 0. The first-order valence-electron chi connectivity index (χ1n) is 7.31. The number of benzene rings is 1. The number of urea groups is 1. The smallest absolute Gasteiger partial charge is 0.317 e. The fourth-order valence-electron chi connectivity index (χ4n) is 2.58.